The fraction of sp³-hybridized carbons (Fsp3) is 0.409. The van der Waals surface area contributed by atoms with Crippen LogP contribution in [-0.4, -0.2) is 46.6 Å². The van der Waals surface area contributed by atoms with Gasteiger partial charge in [0, 0.05) is 37.5 Å². The van der Waals surface area contributed by atoms with E-state index in [1.165, 1.54) is 13.2 Å². The molecule has 0 fully saturated rings. The molecule has 2 aromatic heterocycles. The van der Waals surface area contributed by atoms with E-state index in [-0.39, 0.29) is 35.6 Å². The predicted octanol–water partition coefficient (Wildman–Crippen LogP) is 3.73. The summed E-state index contributed by atoms with van der Waals surface area (Å²) >= 11 is 6.22. The quantitative estimate of drug-likeness (QED) is 0.493. The Balaban J connectivity index is 2.19. The average molecular weight is 464 g/mol. The van der Waals surface area contributed by atoms with Crippen LogP contribution in [0.15, 0.2) is 18.5 Å². The number of methoxy groups -OCH3 is 1. The van der Waals surface area contributed by atoms with E-state index in [0.29, 0.717) is 28.4 Å². The number of ether oxygens (including phenoxy) is 2. The largest absolute Gasteiger partial charge is 0.490 e. The number of hydrogen-bond acceptors (Lipinski definition) is 6. The molecule has 1 atom stereocenters. The number of aryl methyl sites for hydroxylation is 1. The van der Waals surface area contributed by atoms with Crippen molar-refractivity contribution in [2.75, 3.05) is 26.0 Å². The van der Waals surface area contributed by atoms with Gasteiger partial charge in [-0.2, -0.15) is 0 Å². The van der Waals surface area contributed by atoms with Crippen LogP contribution >= 0.6 is 11.6 Å². The smallest absolute Gasteiger partial charge is 0.258 e. The van der Waals surface area contributed by atoms with Gasteiger partial charge in [0.25, 0.3) is 5.91 Å². The summed E-state index contributed by atoms with van der Waals surface area (Å²) in [5.74, 6) is -0.774. The standard InChI is InChI=1S/C22H27ClFN5O3/c1-11(2)32-19-14(10-15(23)17(24)16(19)22(30)27-7-9-31-5)12(3)21-28-13(4)18-20(25)26-6-8-29(18)21/h6,8,10-12H,7,9H2,1-5H3,(H2,25,26)(H,27,30). The molecule has 0 saturated carbocycles. The molecule has 3 rings (SSSR count). The summed E-state index contributed by atoms with van der Waals surface area (Å²) in [7, 11) is 1.51. The molecule has 0 bridgehead atoms. The maximum atomic E-state index is 15.1. The number of fused-ring (bicyclic) bond motifs is 1. The maximum Gasteiger partial charge on any atom is 0.258 e. The van der Waals surface area contributed by atoms with Crippen molar-refractivity contribution in [3.8, 4) is 5.75 Å². The third-order valence-corrected chi connectivity index (χ3v) is 5.29. The highest BCUT2D eigenvalue weighted by atomic mass is 35.5. The van der Waals surface area contributed by atoms with Crippen molar-refractivity contribution in [1.29, 1.82) is 0 Å². The summed E-state index contributed by atoms with van der Waals surface area (Å²) in [6.45, 7) is 7.82. The SMILES string of the molecule is COCCNC(=O)c1c(F)c(Cl)cc(C(C)c2nc(C)c3c(N)nccn23)c1OC(C)C. The van der Waals surface area contributed by atoms with Gasteiger partial charge >= 0.3 is 0 Å². The van der Waals surface area contributed by atoms with Crippen LogP contribution < -0.4 is 15.8 Å². The third kappa shape index (κ3) is 4.49. The van der Waals surface area contributed by atoms with Gasteiger partial charge < -0.3 is 20.5 Å². The van der Waals surface area contributed by atoms with Crippen molar-refractivity contribution in [2.24, 2.45) is 0 Å². The number of carbonyl (C=O) groups is 1. The van der Waals surface area contributed by atoms with Gasteiger partial charge in [-0.3, -0.25) is 9.20 Å². The first-order valence-electron chi connectivity index (χ1n) is 10.2. The molecule has 0 spiro atoms. The average Bonchev–Trinajstić information content (AvgIpc) is 3.07. The molecule has 0 aliphatic heterocycles. The number of nitrogen functional groups attached to an aromatic ring is 1. The van der Waals surface area contributed by atoms with E-state index < -0.39 is 17.6 Å². The van der Waals surface area contributed by atoms with Crippen molar-refractivity contribution in [3.63, 3.8) is 0 Å². The lowest BCUT2D eigenvalue weighted by Gasteiger charge is -2.22. The van der Waals surface area contributed by atoms with Crippen LogP contribution in [0, 0.1) is 12.7 Å². The summed E-state index contributed by atoms with van der Waals surface area (Å²) in [4.78, 5) is 21.7. The van der Waals surface area contributed by atoms with Gasteiger partial charge in [0.15, 0.2) is 5.82 Å². The monoisotopic (exact) mass is 463 g/mol. The number of anilines is 1. The van der Waals surface area contributed by atoms with Gasteiger partial charge in [-0.15, -0.1) is 0 Å². The fourth-order valence-corrected chi connectivity index (χ4v) is 3.80. The Morgan fingerprint density at radius 2 is 2.09 bits per heavy atom. The highest BCUT2D eigenvalue weighted by molar-refractivity contribution is 6.31. The molecule has 0 radical (unpaired) electrons. The number of carbonyl (C=O) groups excluding carboxylic acids is 1. The minimum atomic E-state index is -0.842. The van der Waals surface area contributed by atoms with Crippen molar-refractivity contribution >= 4 is 28.8 Å². The van der Waals surface area contributed by atoms with E-state index >= 15 is 4.39 Å². The first kappa shape index (κ1) is 23.7. The topological polar surface area (TPSA) is 104 Å². The number of imidazole rings is 1. The Bertz CT molecular complexity index is 1150. The number of amides is 1. The lowest BCUT2D eigenvalue weighted by molar-refractivity contribution is 0.0926. The number of nitrogens with zero attached hydrogens (tertiary/aromatic N) is 3. The van der Waals surface area contributed by atoms with Crippen molar-refractivity contribution in [1.82, 2.24) is 19.7 Å². The van der Waals surface area contributed by atoms with Crippen molar-refractivity contribution < 1.29 is 18.7 Å². The zero-order chi connectivity index (χ0) is 23.6. The Labute approximate surface area is 190 Å². The highest BCUT2D eigenvalue weighted by Crippen LogP contribution is 2.39. The molecule has 0 aliphatic rings. The van der Waals surface area contributed by atoms with Crippen LogP contribution in [0.1, 0.15) is 54.1 Å². The van der Waals surface area contributed by atoms with E-state index in [0.717, 1.165) is 0 Å². The maximum absolute atomic E-state index is 15.1. The predicted molar refractivity (Wildman–Crippen MR) is 121 cm³/mol. The molecule has 1 aromatic carbocycles. The first-order valence-corrected chi connectivity index (χ1v) is 10.6. The Hall–Kier alpha value is -2.91. The number of rotatable bonds is 8. The molecule has 1 unspecified atom stereocenters. The van der Waals surface area contributed by atoms with Gasteiger partial charge in [0.05, 0.1) is 23.4 Å². The van der Waals surface area contributed by atoms with Crippen LogP contribution in [0.2, 0.25) is 5.02 Å². The van der Waals surface area contributed by atoms with E-state index in [1.807, 2.05) is 18.2 Å². The summed E-state index contributed by atoms with van der Waals surface area (Å²) in [6.07, 6.45) is 3.02. The number of nitrogens with two attached hydrogens (primary N) is 1. The molecular formula is C22H27ClFN5O3. The lowest BCUT2D eigenvalue weighted by atomic mass is 9.95. The molecule has 3 aromatic rings. The molecule has 3 N–H and O–H groups in total. The van der Waals surface area contributed by atoms with Gasteiger partial charge in [0.1, 0.15) is 28.5 Å². The molecule has 8 nitrogen and oxygen atoms in total. The van der Waals surface area contributed by atoms with E-state index in [1.54, 1.807) is 26.2 Å². The molecule has 32 heavy (non-hydrogen) atoms. The highest BCUT2D eigenvalue weighted by Gasteiger charge is 2.29. The molecule has 2 heterocycles. The summed E-state index contributed by atoms with van der Waals surface area (Å²) < 4.78 is 27.8. The second-order valence-corrected chi connectivity index (χ2v) is 8.10. The van der Waals surface area contributed by atoms with Crippen LogP contribution in [0.4, 0.5) is 10.2 Å². The zero-order valence-corrected chi connectivity index (χ0v) is 19.5. The molecule has 172 valence electrons. The van der Waals surface area contributed by atoms with E-state index in [2.05, 4.69) is 15.3 Å². The van der Waals surface area contributed by atoms with Crippen LogP contribution in [-0.2, 0) is 4.74 Å². The number of hydrogen-bond donors (Lipinski definition) is 2. The second-order valence-electron chi connectivity index (χ2n) is 7.69. The lowest BCUT2D eigenvalue weighted by Crippen LogP contribution is -2.29. The van der Waals surface area contributed by atoms with Gasteiger partial charge in [-0.05, 0) is 26.8 Å². The summed E-state index contributed by atoms with van der Waals surface area (Å²) in [5.41, 5.74) is 7.71. The third-order valence-electron chi connectivity index (χ3n) is 5.01. The fourth-order valence-electron chi connectivity index (χ4n) is 3.58. The van der Waals surface area contributed by atoms with E-state index in [9.17, 15) is 4.79 Å². The Morgan fingerprint density at radius 1 is 1.38 bits per heavy atom. The molecular weight excluding hydrogens is 437 g/mol. The van der Waals surface area contributed by atoms with Gasteiger partial charge in [0.2, 0.25) is 0 Å². The Kier molecular flexibility index (Phi) is 7.20. The normalized spacial score (nSPS) is 12.4. The van der Waals surface area contributed by atoms with Gasteiger partial charge in [-0.25, -0.2) is 14.4 Å². The zero-order valence-electron chi connectivity index (χ0n) is 18.7. The number of benzene rings is 1. The summed E-state index contributed by atoms with van der Waals surface area (Å²) in [6, 6.07) is 1.48. The number of halogens is 2. The van der Waals surface area contributed by atoms with Crippen molar-refractivity contribution in [3.05, 3.63) is 51.9 Å². The van der Waals surface area contributed by atoms with Crippen LogP contribution in [0.3, 0.4) is 0 Å². The Morgan fingerprint density at radius 3 is 2.75 bits per heavy atom. The number of nitrogens with one attached hydrogen (secondary N) is 1. The summed E-state index contributed by atoms with van der Waals surface area (Å²) in [5, 5.41) is 2.46. The molecule has 10 heteroatoms. The molecule has 0 aliphatic carbocycles. The van der Waals surface area contributed by atoms with Crippen LogP contribution in [0.25, 0.3) is 5.52 Å². The van der Waals surface area contributed by atoms with Gasteiger partial charge in [-0.1, -0.05) is 18.5 Å². The second kappa shape index (κ2) is 9.70. The number of aromatic nitrogens is 3. The molecule has 0 saturated heterocycles. The van der Waals surface area contributed by atoms with E-state index in [4.69, 9.17) is 26.8 Å². The van der Waals surface area contributed by atoms with Crippen molar-refractivity contribution in [2.45, 2.75) is 39.7 Å². The molecule has 1 amide bonds. The minimum absolute atomic E-state index is 0.126. The minimum Gasteiger partial charge on any atom is -0.490 e. The van der Waals surface area contributed by atoms with Crippen LogP contribution in [0.5, 0.6) is 5.75 Å². The first-order chi connectivity index (χ1) is 15.2.